The Bertz CT molecular complexity index is 138. The lowest BCUT2D eigenvalue weighted by molar-refractivity contribution is 0.0993. The number of hydrogen-bond acceptors (Lipinski definition) is 3. The van der Waals surface area contributed by atoms with E-state index >= 15 is 0 Å². The lowest BCUT2D eigenvalue weighted by Gasteiger charge is -2.11. The predicted octanol–water partition coefficient (Wildman–Crippen LogP) is 2.43. The van der Waals surface area contributed by atoms with Crippen molar-refractivity contribution in [1.82, 2.24) is 0 Å². The fourth-order valence-electron chi connectivity index (χ4n) is 0.832. The maximum atomic E-state index is 10.6. The molecule has 0 aliphatic heterocycles. The van der Waals surface area contributed by atoms with Gasteiger partial charge >= 0.3 is 6.09 Å². The van der Waals surface area contributed by atoms with Crippen molar-refractivity contribution in [2.75, 3.05) is 0 Å². The van der Waals surface area contributed by atoms with Crippen molar-refractivity contribution in [2.24, 2.45) is 4.36 Å². The van der Waals surface area contributed by atoms with Crippen molar-refractivity contribution in [3.8, 4) is 0 Å². The Balaban J connectivity index is 3.67. The third-order valence-electron chi connectivity index (χ3n) is 1.41. The van der Waals surface area contributed by atoms with Gasteiger partial charge in [0.2, 0.25) is 0 Å². The van der Waals surface area contributed by atoms with Gasteiger partial charge in [0.25, 0.3) is 0 Å². The highest BCUT2D eigenvalue weighted by molar-refractivity contribution is 7.47. The molecule has 0 fully saturated rings. The van der Waals surface area contributed by atoms with Gasteiger partial charge in [-0.25, -0.2) is 4.79 Å². The third kappa shape index (κ3) is 4.84. The van der Waals surface area contributed by atoms with E-state index in [0.29, 0.717) is 0 Å². The van der Waals surface area contributed by atoms with Crippen molar-refractivity contribution < 1.29 is 9.53 Å². The van der Waals surface area contributed by atoms with E-state index in [9.17, 15) is 4.79 Å². The fraction of sp³-hybridized carbons (Fsp3) is 0.857. The summed E-state index contributed by atoms with van der Waals surface area (Å²) in [6, 6.07) is 0. The second-order valence-corrected chi connectivity index (χ2v) is 2.48. The molecule has 0 saturated carbocycles. The summed E-state index contributed by atoms with van der Waals surface area (Å²) in [7, 11) is 0. The van der Waals surface area contributed by atoms with Gasteiger partial charge in [0.1, 0.15) is 6.10 Å². The molecular weight excluding hydrogens is 162 g/mol. The van der Waals surface area contributed by atoms with E-state index in [1.807, 2.05) is 13.8 Å². The first-order valence-electron chi connectivity index (χ1n) is 3.78. The molecule has 0 aromatic rings. The van der Waals surface area contributed by atoms with Crippen LogP contribution in [-0.2, 0) is 17.2 Å². The lowest BCUT2D eigenvalue weighted by Crippen LogP contribution is -2.14. The molecule has 1 amide bonds. The Labute approximate surface area is 72.3 Å². The molecule has 0 radical (unpaired) electrons. The van der Waals surface area contributed by atoms with Crippen LogP contribution >= 0.6 is 0 Å². The first-order chi connectivity index (χ1) is 5.24. The number of carbonyl (C=O) groups excluding carboxylic acids is 1. The Morgan fingerprint density at radius 2 is 2.27 bits per heavy atom. The summed E-state index contributed by atoms with van der Waals surface area (Å²) in [6.45, 7) is 4.01. The van der Waals surface area contributed by atoms with Crippen molar-refractivity contribution in [3.05, 3.63) is 0 Å². The minimum atomic E-state index is -0.639. The van der Waals surface area contributed by atoms with Crippen LogP contribution in [0.2, 0.25) is 0 Å². The lowest BCUT2D eigenvalue weighted by atomic mass is 10.2. The van der Waals surface area contributed by atoms with Crippen molar-refractivity contribution in [1.29, 1.82) is 0 Å². The minimum Gasteiger partial charge on any atom is -0.444 e. The molecule has 0 spiro atoms. The molecule has 4 heteroatoms. The number of nitrogens with zero attached hydrogens (tertiary/aromatic N) is 1. The zero-order valence-electron chi connectivity index (χ0n) is 6.87. The maximum absolute atomic E-state index is 10.6. The second-order valence-electron chi connectivity index (χ2n) is 2.29. The quantitative estimate of drug-likeness (QED) is 0.658. The summed E-state index contributed by atoms with van der Waals surface area (Å²) in [4.78, 5) is 10.6. The van der Waals surface area contributed by atoms with Gasteiger partial charge in [0.05, 0.1) is 0 Å². The molecule has 0 heterocycles. The molecule has 3 nitrogen and oxygen atoms in total. The average Bonchev–Trinajstić information content (AvgIpc) is 2.03. The monoisotopic (exact) mass is 175 g/mol. The van der Waals surface area contributed by atoms with E-state index in [4.69, 9.17) is 4.74 Å². The molecule has 0 bridgehead atoms. The van der Waals surface area contributed by atoms with Crippen LogP contribution in [-0.4, -0.2) is 12.2 Å². The van der Waals surface area contributed by atoms with Gasteiger partial charge in [-0.05, 0) is 12.8 Å². The van der Waals surface area contributed by atoms with Crippen LogP contribution < -0.4 is 0 Å². The highest BCUT2D eigenvalue weighted by Crippen LogP contribution is 2.06. The first-order valence-corrected chi connectivity index (χ1v) is 4.15. The van der Waals surface area contributed by atoms with Crippen LogP contribution in [0, 0.1) is 0 Å². The smallest absolute Gasteiger partial charge is 0.444 e. The van der Waals surface area contributed by atoms with Gasteiger partial charge in [-0.1, -0.05) is 20.3 Å². The highest BCUT2D eigenvalue weighted by Gasteiger charge is 2.09. The molecular formula is C7H13NO2S. The zero-order valence-corrected chi connectivity index (χ0v) is 7.69. The Morgan fingerprint density at radius 3 is 2.64 bits per heavy atom. The number of rotatable bonds is 4. The topological polar surface area (TPSA) is 38.7 Å². The normalized spacial score (nSPS) is 12.2. The third-order valence-corrected chi connectivity index (χ3v) is 1.56. The molecule has 0 rings (SSSR count). The summed E-state index contributed by atoms with van der Waals surface area (Å²) in [5.74, 6) is 0. The van der Waals surface area contributed by atoms with Crippen LogP contribution in [0.4, 0.5) is 4.79 Å². The van der Waals surface area contributed by atoms with E-state index in [1.54, 1.807) is 0 Å². The van der Waals surface area contributed by atoms with Crippen LogP contribution in [0.15, 0.2) is 4.36 Å². The maximum Gasteiger partial charge on any atom is 0.445 e. The summed E-state index contributed by atoms with van der Waals surface area (Å²) in [5, 5.41) is 0. The molecule has 11 heavy (non-hydrogen) atoms. The number of carbonyl (C=O) groups is 1. The molecule has 0 aliphatic carbocycles. The van der Waals surface area contributed by atoms with Gasteiger partial charge < -0.3 is 4.74 Å². The molecule has 0 saturated heterocycles. The molecule has 64 valence electrons. The van der Waals surface area contributed by atoms with Crippen molar-refractivity contribution in [3.63, 3.8) is 0 Å². The summed E-state index contributed by atoms with van der Waals surface area (Å²) >= 11 is 4.18. The Hall–Kier alpha value is -0.510. The van der Waals surface area contributed by atoms with E-state index in [0.717, 1.165) is 19.3 Å². The standard InChI is InChI=1S/C7H13NO2S/c1-3-5-6(4-2)10-7(9)8-11/h6H,3-5H2,1-2H3. The summed E-state index contributed by atoms with van der Waals surface area (Å²) < 4.78 is 7.86. The molecule has 0 N–H and O–H groups in total. The van der Waals surface area contributed by atoms with E-state index in [-0.39, 0.29) is 6.10 Å². The van der Waals surface area contributed by atoms with Crippen LogP contribution in [0.25, 0.3) is 0 Å². The molecule has 0 aliphatic rings. The SMILES string of the molecule is CCCC(CC)OC(=O)N=S. The summed E-state index contributed by atoms with van der Waals surface area (Å²) in [6.07, 6.45) is 2.06. The zero-order chi connectivity index (χ0) is 8.69. The van der Waals surface area contributed by atoms with Crippen molar-refractivity contribution >= 4 is 18.5 Å². The van der Waals surface area contributed by atoms with E-state index in [1.165, 1.54) is 0 Å². The number of amides is 1. The predicted molar refractivity (Wildman–Crippen MR) is 45.3 cm³/mol. The van der Waals surface area contributed by atoms with Gasteiger partial charge in [0.15, 0.2) is 0 Å². The largest absolute Gasteiger partial charge is 0.445 e. The first kappa shape index (κ1) is 10.5. The number of hydrogen-bond donors (Lipinski definition) is 0. The molecule has 1 atom stereocenters. The van der Waals surface area contributed by atoms with Crippen LogP contribution in [0.1, 0.15) is 33.1 Å². The average molecular weight is 175 g/mol. The molecule has 0 aromatic heterocycles. The second kappa shape index (κ2) is 6.22. The van der Waals surface area contributed by atoms with Crippen molar-refractivity contribution in [2.45, 2.75) is 39.2 Å². The van der Waals surface area contributed by atoms with Gasteiger partial charge in [0, 0.05) is 12.4 Å². The number of ether oxygens (including phenoxy) is 1. The molecule has 0 aromatic carbocycles. The van der Waals surface area contributed by atoms with E-state index < -0.39 is 6.09 Å². The van der Waals surface area contributed by atoms with Gasteiger partial charge in [-0.3, -0.25) is 0 Å². The highest BCUT2D eigenvalue weighted by atomic mass is 32.1. The fourth-order valence-corrected chi connectivity index (χ4v) is 0.875. The van der Waals surface area contributed by atoms with Crippen LogP contribution in [0.5, 0.6) is 0 Å². The van der Waals surface area contributed by atoms with E-state index in [2.05, 4.69) is 16.8 Å². The minimum absolute atomic E-state index is 0.0146. The van der Waals surface area contributed by atoms with Gasteiger partial charge in [-0.15, -0.1) is 4.36 Å². The van der Waals surface area contributed by atoms with Crippen LogP contribution in [0.3, 0.4) is 0 Å². The Morgan fingerprint density at radius 1 is 1.64 bits per heavy atom. The molecule has 1 unspecified atom stereocenters. The summed E-state index contributed by atoms with van der Waals surface area (Å²) in [5.41, 5.74) is 0. The van der Waals surface area contributed by atoms with Gasteiger partial charge in [-0.2, -0.15) is 0 Å². The Kier molecular flexibility index (Phi) is 5.93.